The maximum atomic E-state index is 13.0. The summed E-state index contributed by atoms with van der Waals surface area (Å²) < 4.78 is 6.26. The highest BCUT2D eigenvalue weighted by Crippen LogP contribution is 2.63. The summed E-state index contributed by atoms with van der Waals surface area (Å²) in [6, 6.07) is 0. The molecule has 0 amide bonds. The summed E-state index contributed by atoms with van der Waals surface area (Å²) in [5.41, 5.74) is 2.89. The fraction of sp³-hybridized carbons (Fsp3) is 0.615. The van der Waals surface area contributed by atoms with Crippen molar-refractivity contribution in [1.29, 1.82) is 0 Å². The Kier molecular flexibility index (Phi) is 4.78. The number of terminal acetylenes is 1. The van der Waals surface area contributed by atoms with Crippen molar-refractivity contribution in [2.45, 2.75) is 63.9 Å². The highest BCUT2D eigenvalue weighted by atomic mass is 16.6. The Labute approximate surface area is 179 Å². The lowest BCUT2D eigenvalue weighted by molar-refractivity contribution is -0.167. The number of hydrogen-bond acceptors (Lipinski definition) is 4. The first-order valence-electron chi connectivity index (χ1n) is 11.6. The minimum Gasteiger partial charge on any atom is -0.445 e. The average Bonchev–Trinajstić information content (AvgIpc) is 3.40. The van der Waals surface area contributed by atoms with Crippen molar-refractivity contribution in [3.8, 4) is 12.3 Å². The third-order valence-corrected chi connectivity index (χ3v) is 8.57. The van der Waals surface area contributed by atoms with E-state index in [9.17, 15) is 9.59 Å². The van der Waals surface area contributed by atoms with Gasteiger partial charge in [-0.2, -0.15) is 0 Å². The van der Waals surface area contributed by atoms with Crippen LogP contribution in [0.25, 0.3) is 0 Å². The number of nitrogens with one attached hydrogen (secondary N) is 1. The summed E-state index contributed by atoms with van der Waals surface area (Å²) in [4.78, 5) is 24.9. The maximum absolute atomic E-state index is 13.0. The average molecular weight is 406 g/mol. The number of hydrogen-bond donors (Lipinski definition) is 1. The van der Waals surface area contributed by atoms with Gasteiger partial charge in [-0.05, 0) is 86.1 Å². The molecule has 0 spiro atoms. The van der Waals surface area contributed by atoms with Crippen molar-refractivity contribution in [2.24, 2.45) is 23.2 Å². The van der Waals surface area contributed by atoms with Crippen LogP contribution >= 0.6 is 0 Å². The van der Waals surface area contributed by atoms with Crippen molar-refractivity contribution in [3.63, 3.8) is 0 Å². The molecule has 5 aliphatic rings. The molecule has 158 valence electrons. The number of carbonyl (C=O) groups excluding carboxylic acids is 2. The number of ether oxygens (including phenoxy) is 1. The smallest absolute Gasteiger partial charge is 0.311 e. The first-order valence-corrected chi connectivity index (χ1v) is 11.6. The number of allylic oxidation sites excluding steroid dienone is 5. The minimum absolute atomic E-state index is 0.0874. The van der Waals surface area contributed by atoms with Crippen LogP contribution in [0, 0.1) is 35.5 Å². The second-order valence-electron chi connectivity index (χ2n) is 9.67. The molecule has 2 unspecified atom stereocenters. The summed E-state index contributed by atoms with van der Waals surface area (Å²) >= 11 is 0. The Morgan fingerprint density at radius 2 is 2.17 bits per heavy atom. The normalized spacial score (nSPS) is 39.7. The Balaban J connectivity index is 1.53. The van der Waals surface area contributed by atoms with Crippen molar-refractivity contribution in [3.05, 3.63) is 34.9 Å². The van der Waals surface area contributed by atoms with Crippen LogP contribution in [-0.4, -0.2) is 30.4 Å². The second-order valence-corrected chi connectivity index (χ2v) is 9.67. The molecule has 5 rings (SSSR count). The Morgan fingerprint density at radius 3 is 2.90 bits per heavy atom. The van der Waals surface area contributed by atoms with Crippen LogP contribution in [0.1, 0.15) is 58.3 Å². The summed E-state index contributed by atoms with van der Waals surface area (Å²) in [6.45, 7) is 3.73. The van der Waals surface area contributed by atoms with E-state index in [2.05, 4.69) is 30.3 Å². The van der Waals surface area contributed by atoms with Gasteiger partial charge in [0.05, 0.1) is 5.92 Å². The molecule has 0 aromatic rings. The van der Waals surface area contributed by atoms with Gasteiger partial charge in [-0.1, -0.05) is 25.0 Å². The van der Waals surface area contributed by atoms with Crippen LogP contribution in [0.5, 0.6) is 0 Å². The van der Waals surface area contributed by atoms with Gasteiger partial charge in [-0.15, -0.1) is 6.42 Å². The monoisotopic (exact) mass is 405 g/mol. The van der Waals surface area contributed by atoms with Gasteiger partial charge >= 0.3 is 5.97 Å². The molecule has 1 aliphatic heterocycles. The number of rotatable bonds is 3. The van der Waals surface area contributed by atoms with E-state index in [4.69, 9.17) is 11.2 Å². The molecule has 0 bridgehead atoms. The minimum atomic E-state index is -0.850. The van der Waals surface area contributed by atoms with Crippen LogP contribution in [0.3, 0.4) is 0 Å². The van der Waals surface area contributed by atoms with Crippen LogP contribution in [0.15, 0.2) is 34.9 Å². The molecular weight excluding hydrogens is 374 g/mol. The molecule has 0 aromatic heterocycles. The molecule has 5 atom stereocenters. The zero-order valence-electron chi connectivity index (χ0n) is 17.8. The van der Waals surface area contributed by atoms with E-state index in [-0.39, 0.29) is 23.1 Å². The lowest BCUT2D eigenvalue weighted by atomic mass is 9.56. The Bertz CT molecular complexity index is 913. The van der Waals surface area contributed by atoms with Gasteiger partial charge in [0.15, 0.2) is 11.4 Å². The van der Waals surface area contributed by atoms with E-state index < -0.39 is 5.60 Å². The third-order valence-electron chi connectivity index (χ3n) is 8.57. The van der Waals surface area contributed by atoms with Crippen LogP contribution in [0.2, 0.25) is 0 Å². The molecule has 1 saturated heterocycles. The van der Waals surface area contributed by atoms with Crippen LogP contribution in [0.4, 0.5) is 0 Å². The fourth-order valence-corrected chi connectivity index (χ4v) is 7.01. The van der Waals surface area contributed by atoms with Gasteiger partial charge in [-0.3, -0.25) is 9.59 Å². The number of esters is 1. The lowest BCUT2D eigenvalue weighted by Gasteiger charge is -2.49. The van der Waals surface area contributed by atoms with E-state index >= 15 is 0 Å². The maximum Gasteiger partial charge on any atom is 0.311 e. The van der Waals surface area contributed by atoms with E-state index in [0.29, 0.717) is 24.8 Å². The Morgan fingerprint density at radius 1 is 1.30 bits per heavy atom. The second kappa shape index (κ2) is 7.24. The molecule has 4 heteroatoms. The zero-order valence-corrected chi connectivity index (χ0v) is 17.8. The fourth-order valence-electron chi connectivity index (χ4n) is 7.01. The first kappa shape index (κ1) is 19.8. The quantitative estimate of drug-likeness (QED) is 0.572. The molecule has 4 nitrogen and oxygen atoms in total. The van der Waals surface area contributed by atoms with Gasteiger partial charge in [-0.25, -0.2) is 0 Å². The zero-order chi connectivity index (χ0) is 20.9. The van der Waals surface area contributed by atoms with Crippen molar-refractivity contribution >= 4 is 11.8 Å². The van der Waals surface area contributed by atoms with E-state index in [1.807, 2.05) is 6.08 Å². The van der Waals surface area contributed by atoms with Crippen molar-refractivity contribution < 1.29 is 14.3 Å². The predicted octanol–water partition coefficient (Wildman–Crippen LogP) is 3.88. The third kappa shape index (κ3) is 2.71. The molecule has 0 aromatic carbocycles. The van der Waals surface area contributed by atoms with Crippen molar-refractivity contribution in [2.75, 3.05) is 13.1 Å². The van der Waals surface area contributed by atoms with Crippen LogP contribution in [-0.2, 0) is 14.3 Å². The molecule has 2 fully saturated rings. The van der Waals surface area contributed by atoms with E-state index in [1.54, 1.807) is 0 Å². The summed E-state index contributed by atoms with van der Waals surface area (Å²) in [6.07, 6.45) is 19.5. The van der Waals surface area contributed by atoms with Gasteiger partial charge in [0.1, 0.15) is 0 Å². The largest absolute Gasteiger partial charge is 0.445 e. The summed E-state index contributed by atoms with van der Waals surface area (Å²) in [5.74, 6) is 3.86. The summed E-state index contributed by atoms with van der Waals surface area (Å²) in [7, 11) is 0. The van der Waals surface area contributed by atoms with E-state index in [1.165, 1.54) is 16.7 Å². The molecule has 1 heterocycles. The SMILES string of the molecule is C#CC1(OC(=O)C2CCNC2)CC[C@H]2[C@@H]3CCC4=CC(=O)CCC4=C3C=C[C@@]21CC. The number of fused-ring (bicyclic) bond motifs is 4. The van der Waals surface area contributed by atoms with Gasteiger partial charge < -0.3 is 10.1 Å². The predicted molar refractivity (Wildman–Crippen MR) is 115 cm³/mol. The highest BCUT2D eigenvalue weighted by molar-refractivity contribution is 5.93. The Hall–Kier alpha value is -2.12. The van der Waals surface area contributed by atoms with E-state index in [0.717, 1.165) is 51.5 Å². The molecule has 1 N–H and O–H groups in total. The van der Waals surface area contributed by atoms with Gasteiger partial charge in [0, 0.05) is 18.4 Å². The van der Waals surface area contributed by atoms with Crippen molar-refractivity contribution in [1.82, 2.24) is 5.32 Å². The molecule has 1 saturated carbocycles. The lowest BCUT2D eigenvalue weighted by Crippen LogP contribution is -2.51. The van der Waals surface area contributed by atoms with Gasteiger partial charge in [0.25, 0.3) is 0 Å². The number of carbonyl (C=O) groups is 2. The molecule has 30 heavy (non-hydrogen) atoms. The first-order chi connectivity index (χ1) is 14.5. The highest BCUT2D eigenvalue weighted by Gasteiger charge is 2.63. The standard InChI is InChI=1S/C26H31NO3/c1-3-25-12-9-21-20-8-6-19(28)15-17(20)5-7-22(21)23(25)10-13-26(25,4-2)30-24(29)18-11-14-27-16-18/h2,9,12,15,18,22-23,27H,3,5-8,10-11,13-14,16H2,1H3/t18?,22-,23+,25+,26?/m1/s1. The number of ketones is 1. The topological polar surface area (TPSA) is 55.4 Å². The molecular formula is C26H31NO3. The summed E-state index contributed by atoms with van der Waals surface area (Å²) in [5, 5.41) is 3.25. The van der Waals surface area contributed by atoms with Crippen LogP contribution < -0.4 is 5.32 Å². The van der Waals surface area contributed by atoms with Gasteiger partial charge in [0.2, 0.25) is 0 Å². The molecule has 0 radical (unpaired) electrons. The molecule has 4 aliphatic carbocycles.